The van der Waals surface area contributed by atoms with E-state index >= 15 is 0 Å². The van der Waals surface area contributed by atoms with E-state index in [0.29, 0.717) is 28.1 Å². The van der Waals surface area contributed by atoms with E-state index in [1.807, 2.05) is 22.8 Å². The number of aryl methyl sites for hydroxylation is 1. The number of carboxylic acids is 1. The van der Waals surface area contributed by atoms with Crippen molar-refractivity contribution in [3.8, 4) is 5.88 Å². The van der Waals surface area contributed by atoms with Crippen molar-refractivity contribution < 1.29 is 63.7 Å². The number of β-lactam (4-membered cyclic amide) rings is 1. The molecule has 0 bridgehead atoms. The van der Waals surface area contributed by atoms with Gasteiger partial charge in [-0.05, 0) is 40.3 Å². The molecule has 2 atom stereocenters. The summed E-state index contributed by atoms with van der Waals surface area (Å²) in [6, 6.07) is 1.98. The Morgan fingerprint density at radius 2 is 2.02 bits per heavy atom. The van der Waals surface area contributed by atoms with Crippen molar-refractivity contribution in [3.63, 3.8) is 0 Å². The van der Waals surface area contributed by atoms with Gasteiger partial charge in [-0.25, -0.2) is 14.5 Å². The molecule has 3 aromatic rings. The van der Waals surface area contributed by atoms with Crippen LogP contribution in [0.4, 0.5) is 4.79 Å². The summed E-state index contributed by atoms with van der Waals surface area (Å²) in [5.41, 5.74) is 5.06. The Labute approximate surface area is 295 Å². The van der Waals surface area contributed by atoms with Crippen LogP contribution in [0, 0.1) is 0 Å². The molecular weight excluding hydrogens is 672 g/mol. The fourth-order valence-corrected chi connectivity index (χ4v) is 7.38. The molecule has 1 aliphatic carbocycles. The van der Waals surface area contributed by atoms with Gasteiger partial charge in [0.15, 0.2) is 0 Å². The second-order valence-corrected chi connectivity index (χ2v) is 13.0. The van der Waals surface area contributed by atoms with Gasteiger partial charge in [0.1, 0.15) is 22.8 Å². The Kier molecular flexibility index (Phi) is 11.8. The van der Waals surface area contributed by atoms with Crippen LogP contribution in [0.5, 0.6) is 5.88 Å². The first-order valence-corrected chi connectivity index (χ1v) is 16.2. The summed E-state index contributed by atoms with van der Waals surface area (Å²) in [7, 11) is 1.68. The van der Waals surface area contributed by atoms with E-state index in [9.17, 15) is 34.2 Å². The van der Waals surface area contributed by atoms with E-state index in [-0.39, 0.29) is 59.1 Å². The van der Waals surface area contributed by atoms with E-state index in [0.717, 1.165) is 17.7 Å². The molecule has 0 radical (unpaired) electrons. The number of primary amides is 1. The molecule has 2 fully saturated rings. The van der Waals surface area contributed by atoms with E-state index in [1.54, 1.807) is 7.05 Å². The maximum Gasteiger partial charge on any atom is 1.00 e. The average molecular weight is 697 g/mol. The molecule has 1 saturated heterocycles. The zero-order valence-electron chi connectivity index (χ0n) is 24.4. The average Bonchev–Trinajstić information content (AvgIpc) is 3.58. The van der Waals surface area contributed by atoms with Crippen LogP contribution in [0.25, 0.3) is 0 Å². The van der Waals surface area contributed by atoms with Gasteiger partial charge in [-0.3, -0.25) is 24.6 Å². The summed E-state index contributed by atoms with van der Waals surface area (Å²) >= 11 is 4.16. The number of tetrazole rings is 1. The van der Waals surface area contributed by atoms with Crippen LogP contribution < -0.4 is 51.0 Å². The molecule has 0 unspecified atom stereocenters. The van der Waals surface area contributed by atoms with Crippen LogP contribution in [0.3, 0.4) is 0 Å². The molecule has 46 heavy (non-hydrogen) atoms. The van der Waals surface area contributed by atoms with Crippen molar-refractivity contribution in [3.05, 3.63) is 51.2 Å². The zero-order valence-corrected chi connectivity index (χ0v) is 28.9. The molecule has 17 nitrogen and oxygen atoms in total. The summed E-state index contributed by atoms with van der Waals surface area (Å²) in [6.45, 7) is 0. The molecule has 21 heteroatoms. The summed E-state index contributed by atoms with van der Waals surface area (Å²) in [4.78, 5) is 68.2. The third-order valence-corrected chi connectivity index (χ3v) is 9.95. The number of nitrogens with one attached hydrogen (secondary N) is 2. The van der Waals surface area contributed by atoms with Gasteiger partial charge in [-0.2, -0.15) is 4.98 Å². The number of nitrogens with two attached hydrogens (primary N) is 1. The Bertz CT molecular complexity index is 1680. The number of thiophene rings is 1. The van der Waals surface area contributed by atoms with Gasteiger partial charge in [0.05, 0.1) is 18.1 Å². The number of hydrogen-bond acceptors (Lipinski definition) is 15. The number of hydrogen-bond donors (Lipinski definition) is 4. The van der Waals surface area contributed by atoms with E-state index in [1.165, 1.54) is 50.6 Å². The predicted molar refractivity (Wildman–Crippen MR) is 157 cm³/mol. The first kappa shape index (κ1) is 35.3. The third kappa shape index (κ3) is 8.23. The van der Waals surface area contributed by atoms with Gasteiger partial charge >= 0.3 is 35.6 Å². The first-order chi connectivity index (χ1) is 21.5. The minimum absolute atomic E-state index is 0. The van der Waals surface area contributed by atoms with Gasteiger partial charge in [0.25, 0.3) is 11.8 Å². The molecule has 236 valence electrons. The van der Waals surface area contributed by atoms with Gasteiger partial charge in [0, 0.05) is 35.5 Å². The number of aromatic hydroxyl groups is 1. The van der Waals surface area contributed by atoms with Gasteiger partial charge in [-0.1, -0.05) is 17.8 Å². The molecule has 2 aliphatic heterocycles. The normalized spacial score (nSPS) is 18.3. The number of fused-ring (bicyclic) bond motifs is 1. The second-order valence-electron chi connectivity index (χ2n) is 9.88. The molecule has 5 N–H and O–H groups in total. The number of rotatable bonds is 9. The Morgan fingerprint density at radius 3 is 2.61 bits per heavy atom. The van der Waals surface area contributed by atoms with Crippen LogP contribution in [0.1, 0.15) is 39.8 Å². The molecule has 6 rings (SSSR count). The zero-order chi connectivity index (χ0) is 32.2. The molecule has 3 aliphatic rings. The number of aromatic nitrogens is 6. The Morgan fingerprint density at radius 1 is 1.26 bits per heavy atom. The first-order valence-electron chi connectivity index (χ1n) is 13.2. The van der Waals surface area contributed by atoms with Crippen molar-refractivity contribution in [1.82, 2.24) is 45.7 Å². The molecule has 3 aromatic heterocycles. The number of amides is 5. The van der Waals surface area contributed by atoms with E-state index in [4.69, 9.17) is 5.73 Å². The molecule has 1 saturated carbocycles. The Hall–Kier alpha value is -3.56. The van der Waals surface area contributed by atoms with Gasteiger partial charge < -0.3 is 26.1 Å². The number of imide groups is 1. The largest absolute Gasteiger partial charge is 1.00 e. The quantitative estimate of drug-likeness (QED) is 0.0943. The minimum atomic E-state index is -1.40. The SMILES string of the molecule is Cn1nnnc1SCC1=C(C(=O)[O-])N2C(=O)[C@H](NC(=O)Cc3cccs3)[C@@H]2SC1.NC(=O)NC(=O)c1cnc(C2CC2)nc1O.[Na+]. The Balaban J connectivity index is 0.000000240. The maximum atomic E-state index is 12.6. The number of carboxylic acid groups (broad SMARTS) is 1. The van der Waals surface area contributed by atoms with Crippen LogP contribution in [-0.2, 0) is 27.9 Å². The van der Waals surface area contributed by atoms with Crippen molar-refractivity contribution in [2.45, 2.75) is 41.8 Å². The van der Waals surface area contributed by atoms with Crippen molar-refractivity contribution in [1.29, 1.82) is 0 Å². The summed E-state index contributed by atoms with van der Waals surface area (Å²) in [5.74, 6) is -1.83. The second kappa shape index (κ2) is 15.4. The topological polar surface area (TPSA) is 251 Å². The summed E-state index contributed by atoms with van der Waals surface area (Å²) in [5, 5.41) is 38.9. The summed E-state index contributed by atoms with van der Waals surface area (Å²) in [6.07, 6.45) is 3.36. The van der Waals surface area contributed by atoms with Crippen LogP contribution in [-0.4, -0.2) is 92.8 Å². The number of carbonyl (C=O) groups is 5. The third-order valence-electron chi connectivity index (χ3n) is 6.64. The molecule has 0 aromatic carbocycles. The molecule has 0 spiro atoms. The smallest absolute Gasteiger partial charge is 0.543 e. The molecule has 5 heterocycles. The number of urea groups is 1. The van der Waals surface area contributed by atoms with E-state index < -0.39 is 41.1 Å². The standard InChI is InChI=1S/C16H16N6O4S3.C9H10N4O3.Na/c1-21-16(18-19-20-21)29-7-8-6-28-14-11(13(24)22(14)12(8)15(25)26)17-10(23)5-9-3-2-4-27-9;10-9(16)13-8(15)5-3-11-6(4-1-2-4)12-7(5)14;/h2-4,11,14H,5-7H2,1H3,(H,17,23)(H,25,26);3-4H,1-2H2,(H,11,12,14)(H3,10,13,15,16);/q;;+1/p-1/t11-,14-;;/m0../s1. The minimum Gasteiger partial charge on any atom is -0.543 e. The van der Waals surface area contributed by atoms with E-state index in [2.05, 4.69) is 30.8 Å². The number of nitrogens with zero attached hydrogens (tertiary/aromatic N) is 7. The molecule has 5 amide bonds. The van der Waals surface area contributed by atoms with Crippen LogP contribution in [0.2, 0.25) is 0 Å². The van der Waals surface area contributed by atoms with Crippen LogP contribution in [0.15, 0.2) is 40.1 Å². The predicted octanol–water partition coefficient (Wildman–Crippen LogP) is -4.12. The number of carbonyl (C=O) groups excluding carboxylic acids is 5. The maximum absolute atomic E-state index is 12.6. The number of thioether (sulfide) groups is 2. The van der Waals surface area contributed by atoms with Gasteiger partial charge in [0.2, 0.25) is 16.9 Å². The number of aliphatic carboxylic acids is 1. The molecular formula is C25H25N10NaO7S3. The van der Waals surface area contributed by atoms with Gasteiger partial charge in [-0.15, -0.1) is 28.2 Å². The van der Waals surface area contributed by atoms with Crippen molar-refractivity contribution in [2.75, 3.05) is 11.5 Å². The van der Waals surface area contributed by atoms with Crippen molar-refractivity contribution in [2.24, 2.45) is 12.8 Å². The van der Waals surface area contributed by atoms with Crippen molar-refractivity contribution >= 4 is 64.6 Å². The fourth-order valence-electron chi connectivity index (χ4n) is 4.34. The fraction of sp³-hybridized carbons (Fsp3) is 0.360. The summed E-state index contributed by atoms with van der Waals surface area (Å²) < 4.78 is 1.48. The van der Waals surface area contributed by atoms with Crippen LogP contribution >= 0.6 is 34.9 Å². The monoisotopic (exact) mass is 696 g/mol.